The highest BCUT2D eigenvalue weighted by Gasteiger charge is 2.30. The van der Waals surface area contributed by atoms with Crippen molar-refractivity contribution in [1.82, 2.24) is 5.32 Å². The van der Waals surface area contributed by atoms with Crippen LogP contribution in [0, 0.1) is 11.3 Å². The Morgan fingerprint density at radius 2 is 1.70 bits per heavy atom. The minimum Gasteiger partial charge on any atom is -0.490 e. The molecule has 3 N–H and O–H groups in total. The SMILES string of the molecule is CC(C)(C)[C@H]1CC[C@H](Oc2ccc3cc(CNCCCP(=O)(O)O)ccc3c2)CC1. The van der Waals surface area contributed by atoms with Crippen LogP contribution >= 0.6 is 7.60 Å². The number of benzene rings is 2. The molecule has 0 radical (unpaired) electrons. The van der Waals surface area contributed by atoms with Crippen LogP contribution in [0.5, 0.6) is 5.75 Å². The molecule has 0 atom stereocenters. The van der Waals surface area contributed by atoms with E-state index in [-0.39, 0.29) is 6.16 Å². The van der Waals surface area contributed by atoms with Gasteiger partial charge in [0.2, 0.25) is 0 Å². The smallest absolute Gasteiger partial charge is 0.325 e. The van der Waals surface area contributed by atoms with Gasteiger partial charge in [0.05, 0.1) is 12.3 Å². The van der Waals surface area contributed by atoms with Crippen molar-refractivity contribution in [2.24, 2.45) is 11.3 Å². The Balaban J connectivity index is 1.51. The van der Waals surface area contributed by atoms with Crippen LogP contribution < -0.4 is 10.1 Å². The largest absolute Gasteiger partial charge is 0.490 e. The highest BCUT2D eigenvalue weighted by molar-refractivity contribution is 7.51. The molecule has 0 saturated heterocycles. The first-order valence-corrected chi connectivity index (χ1v) is 12.8. The molecule has 1 saturated carbocycles. The molecule has 166 valence electrons. The Hall–Kier alpha value is -1.39. The fraction of sp³-hybridized carbons (Fsp3) is 0.583. The summed E-state index contributed by atoms with van der Waals surface area (Å²) in [4.78, 5) is 17.8. The van der Waals surface area contributed by atoms with Gasteiger partial charge in [-0.15, -0.1) is 0 Å². The molecular formula is C24H36NO4P. The average molecular weight is 434 g/mol. The first-order chi connectivity index (χ1) is 14.1. The molecule has 0 unspecified atom stereocenters. The maximum absolute atomic E-state index is 10.9. The standard InChI is InChI=1S/C24H36NO4P/c1-24(2,3)21-8-11-22(12-9-21)29-23-10-7-19-15-18(5-6-20(19)16-23)17-25-13-4-14-30(26,27)28/h5-7,10,15-16,21-22,25H,4,8-9,11-14,17H2,1-3H3,(H2,26,27,28)/t21-,22-. The first-order valence-electron chi connectivity index (χ1n) is 11.0. The molecule has 6 heteroatoms. The average Bonchev–Trinajstić information content (AvgIpc) is 2.66. The number of hydrogen-bond acceptors (Lipinski definition) is 3. The fourth-order valence-electron chi connectivity index (χ4n) is 4.34. The van der Waals surface area contributed by atoms with Crippen molar-refractivity contribution >= 4 is 18.4 Å². The lowest BCUT2D eigenvalue weighted by atomic mass is 9.72. The summed E-state index contributed by atoms with van der Waals surface area (Å²) in [5, 5.41) is 5.59. The Kier molecular flexibility index (Phi) is 7.62. The van der Waals surface area contributed by atoms with Crippen LogP contribution in [0.3, 0.4) is 0 Å². The Morgan fingerprint density at radius 3 is 2.37 bits per heavy atom. The third-order valence-corrected chi connectivity index (χ3v) is 7.11. The highest BCUT2D eigenvalue weighted by atomic mass is 31.2. The van der Waals surface area contributed by atoms with Crippen molar-refractivity contribution in [3.05, 3.63) is 42.0 Å². The zero-order valence-electron chi connectivity index (χ0n) is 18.4. The lowest BCUT2D eigenvalue weighted by molar-refractivity contribution is 0.0883. The molecule has 5 nitrogen and oxygen atoms in total. The molecular weight excluding hydrogens is 397 g/mol. The second-order valence-electron chi connectivity index (χ2n) is 9.72. The Bertz CT molecular complexity index is 878. The van der Waals surface area contributed by atoms with Gasteiger partial charge in [-0.05, 0) is 84.5 Å². The highest BCUT2D eigenvalue weighted by Crippen LogP contribution is 2.39. The van der Waals surface area contributed by atoms with E-state index in [1.54, 1.807) is 0 Å². The predicted molar refractivity (Wildman–Crippen MR) is 123 cm³/mol. The van der Waals surface area contributed by atoms with E-state index in [9.17, 15) is 4.57 Å². The fourth-order valence-corrected chi connectivity index (χ4v) is 4.91. The van der Waals surface area contributed by atoms with Crippen molar-refractivity contribution in [1.29, 1.82) is 0 Å². The first kappa shape index (κ1) is 23.3. The van der Waals surface area contributed by atoms with Crippen LogP contribution in [0.15, 0.2) is 36.4 Å². The van der Waals surface area contributed by atoms with Crippen LogP contribution in [0.25, 0.3) is 10.8 Å². The number of rotatable bonds is 8. The van der Waals surface area contributed by atoms with E-state index >= 15 is 0 Å². The van der Waals surface area contributed by atoms with Crippen molar-refractivity contribution in [2.45, 2.75) is 65.5 Å². The maximum Gasteiger partial charge on any atom is 0.325 e. The molecule has 1 aliphatic rings. The summed E-state index contributed by atoms with van der Waals surface area (Å²) >= 11 is 0. The summed E-state index contributed by atoms with van der Waals surface area (Å²) in [6.07, 6.45) is 5.46. The normalized spacial score (nSPS) is 20.4. The molecule has 0 aliphatic heterocycles. The number of hydrogen-bond donors (Lipinski definition) is 3. The van der Waals surface area contributed by atoms with Crippen molar-refractivity contribution in [3.63, 3.8) is 0 Å². The third kappa shape index (κ3) is 7.09. The predicted octanol–water partition coefficient (Wildman–Crippen LogP) is 5.48. The van der Waals surface area contributed by atoms with Gasteiger partial charge >= 0.3 is 7.60 Å². The Morgan fingerprint density at radius 1 is 1.03 bits per heavy atom. The summed E-state index contributed by atoms with van der Waals surface area (Å²) in [5.74, 6) is 1.74. The van der Waals surface area contributed by atoms with Gasteiger partial charge in [-0.1, -0.05) is 39.0 Å². The summed E-state index contributed by atoms with van der Waals surface area (Å²) in [7, 11) is -3.89. The minimum absolute atomic E-state index is 0.0711. The summed E-state index contributed by atoms with van der Waals surface area (Å²) in [5.41, 5.74) is 1.55. The lowest BCUT2D eigenvalue weighted by Gasteiger charge is -2.37. The van der Waals surface area contributed by atoms with Gasteiger partial charge in [0.25, 0.3) is 0 Å². The van der Waals surface area contributed by atoms with E-state index in [1.165, 1.54) is 23.6 Å². The van der Waals surface area contributed by atoms with Crippen LogP contribution in [-0.4, -0.2) is 28.6 Å². The molecule has 3 rings (SSSR count). The van der Waals surface area contributed by atoms with Gasteiger partial charge < -0.3 is 19.8 Å². The van der Waals surface area contributed by atoms with Gasteiger partial charge in [0.15, 0.2) is 0 Å². The van der Waals surface area contributed by atoms with Gasteiger partial charge in [-0.2, -0.15) is 0 Å². The quantitative estimate of drug-likeness (QED) is 0.379. The van der Waals surface area contributed by atoms with Crippen LogP contribution in [0.2, 0.25) is 0 Å². The molecule has 0 bridgehead atoms. The number of fused-ring (bicyclic) bond motifs is 1. The molecule has 0 amide bonds. The Labute approximate surface area is 180 Å². The molecule has 1 fully saturated rings. The van der Waals surface area contributed by atoms with Crippen molar-refractivity contribution in [3.8, 4) is 5.75 Å². The van der Waals surface area contributed by atoms with Crippen LogP contribution in [0.4, 0.5) is 0 Å². The second-order valence-corrected chi connectivity index (χ2v) is 11.5. The van der Waals surface area contributed by atoms with E-state index in [0.29, 0.717) is 31.0 Å². The lowest BCUT2D eigenvalue weighted by Crippen LogP contribution is -2.30. The molecule has 0 aromatic heterocycles. The zero-order valence-corrected chi connectivity index (χ0v) is 19.3. The number of ether oxygens (including phenoxy) is 1. The monoisotopic (exact) mass is 433 g/mol. The van der Waals surface area contributed by atoms with E-state index in [0.717, 1.165) is 30.1 Å². The molecule has 30 heavy (non-hydrogen) atoms. The summed E-state index contributed by atoms with van der Waals surface area (Å²) in [6.45, 7) is 8.30. The molecule has 2 aromatic rings. The molecule has 0 spiro atoms. The van der Waals surface area contributed by atoms with E-state index in [2.05, 4.69) is 62.5 Å². The molecule has 0 heterocycles. The second kappa shape index (κ2) is 9.82. The van der Waals surface area contributed by atoms with E-state index in [1.807, 2.05) is 0 Å². The topological polar surface area (TPSA) is 78.8 Å². The number of nitrogens with one attached hydrogen (secondary N) is 1. The van der Waals surface area contributed by atoms with Crippen molar-refractivity contribution < 1.29 is 19.1 Å². The molecule has 2 aromatic carbocycles. The maximum atomic E-state index is 10.9. The van der Waals surface area contributed by atoms with Gasteiger partial charge in [-0.25, -0.2) is 0 Å². The van der Waals surface area contributed by atoms with Crippen LogP contribution in [-0.2, 0) is 11.1 Å². The van der Waals surface area contributed by atoms with E-state index < -0.39 is 7.60 Å². The molecule has 1 aliphatic carbocycles. The minimum atomic E-state index is -3.89. The van der Waals surface area contributed by atoms with Gasteiger partial charge in [0.1, 0.15) is 5.75 Å². The third-order valence-electron chi connectivity index (χ3n) is 6.21. The van der Waals surface area contributed by atoms with Gasteiger partial charge in [-0.3, -0.25) is 4.57 Å². The summed E-state index contributed by atoms with van der Waals surface area (Å²) in [6, 6.07) is 12.7. The van der Waals surface area contributed by atoms with Gasteiger partial charge in [0, 0.05) is 6.54 Å². The van der Waals surface area contributed by atoms with Crippen molar-refractivity contribution in [2.75, 3.05) is 12.7 Å². The van der Waals surface area contributed by atoms with E-state index in [4.69, 9.17) is 14.5 Å². The van der Waals surface area contributed by atoms with Crippen LogP contribution in [0.1, 0.15) is 58.4 Å². The zero-order chi connectivity index (χ0) is 21.8. The summed E-state index contributed by atoms with van der Waals surface area (Å²) < 4.78 is 17.2.